The molecule has 2 aromatic carbocycles. The number of rotatable bonds is 8. The quantitative estimate of drug-likeness (QED) is 0.553. The number of hydrogen-bond acceptors (Lipinski definition) is 7. The van der Waals surface area contributed by atoms with Crippen LogP contribution in [0.2, 0.25) is 0 Å². The van der Waals surface area contributed by atoms with Gasteiger partial charge in [-0.25, -0.2) is 0 Å². The summed E-state index contributed by atoms with van der Waals surface area (Å²) in [4.78, 5) is 38.2. The standard InChI is InChI=1S/C20H21N3O5/c1-3-28-17-11-12(7-8-16(17)27-2)15(9-10-21)23-19(24)13-5-4-6-14(22-26)18(13)20(23)25/h4-8,11,15H,3,9-10,21H2,1-2H3. The molecule has 1 atom stereocenters. The molecule has 1 aliphatic heterocycles. The van der Waals surface area contributed by atoms with Gasteiger partial charge >= 0.3 is 0 Å². The summed E-state index contributed by atoms with van der Waals surface area (Å²) in [5.74, 6) is 0.0310. The predicted molar refractivity (Wildman–Crippen MR) is 103 cm³/mol. The normalized spacial score (nSPS) is 14.0. The fraction of sp³-hybridized carbons (Fsp3) is 0.300. The van der Waals surface area contributed by atoms with Crippen molar-refractivity contribution in [3.05, 3.63) is 58.0 Å². The van der Waals surface area contributed by atoms with Gasteiger partial charge in [0, 0.05) is 0 Å². The van der Waals surface area contributed by atoms with Crippen LogP contribution in [0, 0.1) is 4.91 Å². The van der Waals surface area contributed by atoms with Gasteiger partial charge in [-0.05, 0) is 54.9 Å². The zero-order valence-corrected chi connectivity index (χ0v) is 15.7. The van der Waals surface area contributed by atoms with Crippen LogP contribution in [0.25, 0.3) is 0 Å². The minimum atomic E-state index is -0.609. The molecule has 0 radical (unpaired) electrons. The Kier molecular flexibility index (Phi) is 5.70. The van der Waals surface area contributed by atoms with E-state index in [4.69, 9.17) is 15.2 Å². The molecular formula is C20H21N3O5. The summed E-state index contributed by atoms with van der Waals surface area (Å²) in [6, 6.07) is 9.09. The number of nitrogens with zero attached hydrogens (tertiary/aromatic N) is 2. The molecule has 28 heavy (non-hydrogen) atoms. The lowest BCUT2D eigenvalue weighted by atomic mass is 10.0. The Morgan fingerprint density at radius 3 is 2.57 bits per heavy atom. The van der Waals surface area contributed by atoms with E-state index in [0.29, 0.717) is 30.1 Å². The first-order valence-corrected chi connectivity index (χ1v) is 8.92. The van der Waals surface area contributed by atoms with Gasteiger partial charge in [0.1, 0.15) is 5.69 Å². The summed E-state index contributed by atoms with van der Waals surface area (Å²) in [6.45, 7) is 2.54. The van der Waals surface area contributed by atoms with Gasteiger partial charge in [-0.2, -0.15) is 0 Å². The van der Waals surface area contributed by atoms with Crippen LogP contribution < -0.4 is 15.2 Å². The van der Waals surface area contributed by atoms with Crippen molar-refractivity contribution in [2.45, 2.75) is 19.4 Å². The van der Waals surface area contributed by atoms with E-state index in [1.54, 1.807) is 18.2 Å². The van der Waals surface area contributed by atoms with E-state index in [1.807, 2.05) is 6.92 Å². The van der Waals surface area contributed by atoms with Crippen molar-refractivity contribution < 1.29 is 19.1 Å². The van der Waals surface area contributed by atoms with Crippen molar-refractivity contribution in [1.82, 2.24) is 4.90 Å². The molecule has 0 fully saturated rings. The molecule has 2 amide bonds. The van der Waals surface area contributed by atoms with Crippen molar-refractivity contribution in [2.75, 3.05) is 20.3 Å². The van der Waals surface area contributed by atoms with Crippen LogP contribution >= 0.6 is 0 Å². The molecule has 0 saturated heterocycles. The van der Waals surface area contributed by atoms with E-state index in [1.165, 1.54) is 25.3 Å². The largest absolute Gasteiger partial charge is 0.493 e. The molecular weight excluding hydrogens is 362 g/mol. The van der Waals surface area contributed by atoms with E-state index in [-0.39, 0.29) is 23.4 Å². The van der Waals surface area contributed by atoms with Gasteiger partial charge in [-0.3, -0.25) is 14.5 Å². The Balaban J connectivity index is 2.07. The highest BCUT2D eigenvalue weighted by atomic mass is 16.5. The van der Waals surface area contributed by atoms with Gasteiger partial charge in [0.25, 0.3) is 11.8 Å². The van der Waals surface area contributed by atoms with Crippen LogP contribution in [0.15, 0.2) is 41.6 Å². The Hall–Kier alpha value is -3.26. The van der Waals surface area contributed by atoms with E-state index in [9.17, 15) is 14.5 Å². The number of amides is 2. The van der Waals surface area contributed by atoms with Crippen LogP contribution in [0.4, 0.5) is 5.69 Å². The minimum absolute atomic E-state index is 0.0306. The summed E-state index contributed by atoms with van der Waals surface area (Å²) in [6.07, 6.45) is 0.354. The number of imide groups is 1. The average Bonchev–Trinajstić information content (AvgIpc) is 2.97. The number of hydrogen-bond donors (Lipinski definition) is 1. The first-order chi connectivity index (χ1) is 13.6. The van der Waals surface area contributed by atoms with Crippen molar-refractivity contribution >= 4 is 17.5 Å². The number of ether oxygens (including phenoxy) is 2. The molecule has 8 heteroatoms. The van der Waals surface area contributed by atoms with Crippen molar-refractivity contribution in [1.29, 1.82) is 0 Å². The smallest absolute Gasteiger partial charge is 0.264 e. The molecule has 0 spiro atoms. The molecule has 1 heterocycles. The number of fused-ring (bicyclic) bond motifs is 1. The van der Waals surface area contributed by atoms with E-state index < -0.39 is 17.9 Å². The van der Waals surface area contributed by atoms with E-state index >= 15 is 0 Å². The highest BCUT2D eigenvalue weighted by Gasteiger charge is 2.42. The molecule has 0 saturated carbocycles. The van der Waals surface area contributed by atoms with Gasteiger partial charge in [-0.1, -0.05) is 12.1 Å². The summed E-state index contributed by atoms with van der Waals surface area (Å²) in [5, 5.41) is 2.89. The lowest BCUT2D eigenvalue weighted by Crippen LogP contribution is -2.35. The van der Waals surface area contributed by atoms with E-state index in [2.05, 4.69) is 5.18 Å². The highest BCUT2D eigenvalue weighted by Crippen LogP contribution is 2.39. The third-order valence-corrected chi connectivity index (χ3v) is 4.65. The second-order valence-corrected chi connectivity index (χ2v) is 6.21. The van der Waals surface area contributed by atoms with Crippen molar-refractivity contribution in [3.63, 3.8) is 0 Å². The second-order valence-electron chi connectivity index (χ2n) is 6.21. The molecule has 2 aromatic rings. The molecule has 2 N–H and O–H groups in total. The zero-order valence-electron chi connectivity index (χ0n) is 15.7. The molecule has 1 unspecified atom stereocenters. The lowest BCUT2D eigenvalue weighted by Gasteiger charge is -2.27. The van der Waals surface area contributed by atoms with Gasteiger partial charge < -0.3 is 15.2 Å². The summed E-state index contributed by atoms with van der Waals surface area (Å²) >= 11 is 0. The number of nitroso groups, excluding NO2 is 1. The number of carbonyl (C=O) groups is 2. The maximum absolute atomic E-state index is 13.0. The highest BCUT2D eigenvalue weighted by molar-refractivity contribution is 6.23. The Morgan fingerprint density at radius 1 is 1.14 bits per heavy atom. The molecule has 146 valence electrons. The maximum atomic E-state index is 13.0. The first kappa shape index (κ1) is 19.5. The molecule has 0 bridgehead atoms. The summed E-state index contributed by atoms with van der Waals surface area (Å²) in [5.41, 5.74) is 6.60. The number of nitrogens with two attached hydrogens (primary N) is 1. The van der Waals surface area contributed by atoms with Gasteiger partial charge in [0.15, 0.2) is 11.5 Å². The fourth-order valence-electron chi connectivity index (χ4n) is 3.42. The first-order valence-electron chi connectivity index (χ1n) is 8.92. The SMILES string of the molecule is CCOc1cc(C(CCN)N2C(=O)c3cccc(N=O)c3C2=O)ccc1OC. The third kappa shape index (κ3) is 3.22. The van der Waals surface area contributed by atoms with Gasteiger partial charge in [0.2, 0.25) is 0 Å². The van der Waals surface area contributed by atoms with Crippen LogP contribution in [0.5, 0.6) is 11.5 Å². The third-order valence-electron chi connectivity index (χ3n) is 4.65. The van der Waals surface area contributed by atoms with Crippen LogP contribution in [-0.4, -0.2) is 37.0 Å². The van der Waals surface area contributed by atoms with Crippen molar-refractivity contribution in [2.24, 2.45) is 10.9 Å². The van der Waals surface area contributed by atoms with Crippen LogP contribution in [0.3, 0.4) is 0 Å². The zero-order chi connectivity index (χ0) is 20.3. The van der Waals surface area contributed by atoms with E-state index in [0.717, 1.165) is 4.90 Å². The Bertz CT molecular complexity index is 928. The molecule has 3 rings (SSSR count). The fourth-order valence-corrected chi connectivity index (χ4v) is 3.42. The topological polar surface area (TPSA) is 111 Å². The molecule has 1 aliphatic rings. The van der Waals surface area contributed by atoms with Gasteiger partial charge in [0.05, 0.1) is 30.9 Å². The Labute approximate surface area is 162 Å². The molecule has 0 aliphatic carbocycles. The van der Waals surface area contributed by atoms with Crippen LogP contribution in [0.1, 0.15) is 45.7 Å². The average molecular weight is 383 g/mol. The number of carbonyl (C=O) groups excluding carboxylic acids is 2. The van der Waals surface area contributed by atoms with Crippen molar-refractivity contribution in [3.8, 4) is 11.5 Å². The summed E-state index contributed by atoms with van der Waals surface area (Å²) in [7, 11) is 1.53. The summed E-state index contributed by atoms with van der Waals surface area (Å²) < 4.78 is 10.9. The lowest BCUT2D eigenvalue weighted by molar-refractivity contribution is 0.0576. The minimum Gasteiger partial charge on any atom is -0.493 e. The number of benzene rings is 2. The predicted octanol–water partition coefficient (Wildman–Crippen LogP) is 3.18. The Morgan fingerprint density at radius 2 is 1.93 bits per heavy atom. The second kappa shape index (κ2) is 8.18. The monoisotopic (exact) mass is 383 g/mol. The van der Waals surface area contributed by atoms with Gasteiger partial charge in [-0.15, -0.1) is 4.91 Å². The molecule has 0 aromatic heterocycles. The van der Waals surface area contributed by atoms with Crippen LogP contribution in [-0.2, 0) is 0 Å². The maximum Gasteiger partial charge on any atom is 0.264 e. The number of methoxy groups -OCH3 is 1. The molecule has 8 nitrogen and oxygen atoms in total.